The van der Waals surface area contributed by atoms with Gasteiger partial charge in [-0.3, -0.25) is 4.90 Å². The second kappa shape index (κ2) is 7.60. The summed E-state index contributed by atoms with van der Waals surface area (Å²) >= 11 is 0. The summed E-state index contributed by atoms with van der Waals surface area (Å²) in [5.74, 6) is 0. The van der Waals surface area contributed by atoms with Crippen LogP contribution in [0.4, 0.5) is 0 Å². The third-order valence-corrected chi connectivity index (χ3v) is 3.14. The molecule has 92 valence electrons. The molecule has 1 aliphatic rings. The summed E-state index contributed by atoms with van der Waals surface area (Å²) in [6, 6.07) is 0.425. The van der Waals surface area contributed by atoms with Crippen LogP contribution >= 0.6 is 0 Å². The monoisotopic (exact) mass is 223 g/mol. The van der Waals surface area contributed by atoms with E-state index in [0.717, 1.165) is 52.1 Å². The van der Waals surface area contributed by atoms with Crippen molar-refractivity contribution in [1.82, 2.24) is 9.80 Å². The van der Waals surface area contributed by atoms with Crippen molar-refractivity contribution >= 4 is 0 Å². The van der Waals surface area contributed by atoms with Crippen LogP contribution < -0.4 is 5.73 Å². The molecule has 0 saturated carbocycles. The molecule has 3 nitrogen and oxygen atoms in total. The van der Waals surface area contributed by atoms with Gasteiger partial charge in [0.2, 0.25) is 0 Å². The highest BCUT2D eigenvalue weighted by molar-refractivity contribution is 4.81. The summed E-state index contributed by atoms with van der Waals surface area (Å²) in [7, 11) is 0. The molecule has 0 aromatic rings. The van der Waals surface area contributed by atoms with E-state index in [-0.39, 0.29) is 0 Å². The molecule has 0 bridgehead atoms. The predicted molar refractivity (Wildman–Crippen MR) is 70.5 cm³/mol. The maximum absolute atomic E-state index is 5.88. The van der Waals surface area contributed by atoms with Crippen LogP contribution in [0, 0.1) is 0 Å². The van der Waals surface area contributed by atoms with Gasteiger partial charge >= 0.3 is 0 Å². The minimum Gasteiger partial charge on any atom is -0.328 e. The van der Waals surface area contributed by atoms with E-state index in [1.54, 1.807) is 0 Å². The highest BCUT2D eigenvalue weighted by Crippen LogP contribution is 2.07. The van der Waals surface area contributed by atoms with Gasteiger partial charge in [-0.15, -0.1) is 13.2 Å². The summed E-state index contributed by atoms with van der Waals surface area (Å²) in [5, 5.41) is 0. The van der Waals surface area contributed by atoms with Crippen LogP contribution in [0.3, 0.4) is 0 Å². The van der Waals surface area contributed by atoms with Crippen LogP contribution in [-0.2, 0) is 0 Å². The highest BCUT2D eigenvalue weighted by Gasteiger charge is 2.15. The minimum atomic E-state index is 0.425. The van der Waals surface area contributed by atoms with Crippen molar-refractivity contribution in [2.24, 2.45) is 5.73 Å². The van der Waals surface area contributed by atoms with Gasteiger partial charge < -0.3 is 10.6 Å². The smallest absolute Gasteiger partial charge is 0.0164 e. The minimum absolute atomic E-state index is 0.425. The van der Waals surface area contributed by atoms with Crippen LogP contribution in [0.5, 0.6) is 0 Å². The molecule has 1 saturated heterocycles. The van der Waals surface area contributed by atoms with Gasteiger partial charge in [0.05, 0.1) is 0 Å². The van der Waals surface area contributed by atoms with Crippen molar-refractivity contribution in [3.8, 4) is 0 Å². The van der Waals surface area contributed by atoms with Gasteiger partial charge in [-0.25, -0.2) is 0 Å². The Kier molecular flexibility index (Phi) is 6.38. The number of nitrogens with zero attached hydrogens (tertiary/aromatic N) is 2. The lowest BCUT2D eigenvalue weighted by Gasteiger charge is -2.31. The number of likely N-dealkylation sites (tertiary alicyclic amines) is 1. The molecule has 0 radical (unpaired) electrons. The molecular weight excluding hydrogens is 198 g/mol. The van der Waals surface area contributed by atoms with Gasteiger partial charge in [-0.1, -0.05) is 12.2 Å². The highest BCUT2D eigenvalue weighted by atomic mass is 15.2. The molecule has 1 heterocycles. The molecule has 0 aromatic carbocycles. The second-order valence-corrected chi connectivity index (χ2v) is 4.52. The van der Waals surface area contributed by atoms with Crippen molar-refractivity contribution in [3.05, 3.63) is 25.3 Å². The Morgan fingerprint density at radius 2 is 1.75 bits per heavy atom. The van der Waals surface area contributed by atoms with Crippen molar-refractivity contribution in [2.45, 2.75) is 18.9 Å². The molecule has 3 heteroatoms. The molecule has 0 unspecified atom stereocenters. The number of piperidine rings is 1. The molecule has 0 amide bonds. The lowest BCUT2D eigenvalue weighted by atomic mass is 10.1. The summed E-state index contributed by atoms with van der Waals surface area (Å²) in [6.45, 7) is 14.0. The standard InChI is InChI=1S/C13H25N3/c1-3-7-15(8-4-2)11-12-16-9-5-13(14)6-10-16/h3-4,13H,1-2,5-12,14H2. The molecular formula is C13H25N3. The van der Waals surface area contributed by atoms with E-state index >= 15 is 0 Å². The van der Waals surface area contributed by atoms with Crippen LogP contribution in [0.15, 0.2) is 25.3 Å². The Morgan fingerprint density at radius 1 is 1.19 bits per heavy atom. The first kappa shape index (κ1) is 13.4. The largest absolute Gasteiger partial charge is 0.328 e. The van der Waals surface area contributed by atoms with Crippen molar-refractivity contribution < 1.29 is 0 Å². The van der Waals surface area contributed by atoms with E-state index in [0.29, 0.717) is 6.04 Å². The Balaban J connectivity index is 2.20. The Hall–Kier alpha value is -0.640. The van der Waals surface area contributed by atoms with E-state index < -0.39 is 0 Å². The maximum atomic E-state index is 5.88. The molecule has 0 spiro atoms. The predicted octanol–water partition coefficient (Wildman–Crippen LogP) is 1.08. The van der Waals surface area contributed by atoms with E-state index in [1.807, 2.05) is 12.2 Å². The molecule has 1 aliphatic heterocycles. The number of rotatable bonds is 7. The van der Waals surface area contributed by atoms with Crippen LogP contribution in [0.1, 0.15) is 12.8 Å². The summed E-state index contributed by atoms with van der Waals surface area (Å²) in [5.41, 5.74) is 5.88. The second-order valence-electron chi connectivity index (χ2n) is 4.52. The van der Waals surface area contributed by atoms with Gasteiger partial charge in [0, 0.05) is 32.2 Å². The van der Waals surface area contributed by atoms with E-state index in [9.17, 15) is 0 Å². The molecule has 2 N–H and O–H groups in total. The number of hydrogen-bond acceptors (Lipinski definition) is 3. The van der Waals surface area contributed by atoms with E-state index in [2.05, 4.69) is 23.0 Å². The molecule has 0 aliphatic carbocycles. The summed E-state index contributed by atoms with van der Waals surface area (Å²) in [4.78, 5) is 4.86. The molecule has 1 fully saturated rings. The maximum Gasteiger partial charge on any atom is 0.0164 e. The zero-order valence-electron chi connectivity index (χ0n) is 10.3. The van der Waals surface area contributed by atoms with E-state index in [4.69, 9.17) is 5.73 Å². The quantitative estimate of drug-likeness (QED) is 0.656. The van der Waals surface area contributed by atoms with Crippen molar-refractivity contribution in [2.75, 3.05) is 39.3 Å². The van der Waals surface area contributed by atoms with Crippen LogP contribution in [0.25, 0.3) is 0 Å². The van der Waals surface area contributed by atoms with Crippen LogP contribution in [0.2, 0.25) is 0 Å². The molecule has 0 aromatic heterocycles. The van der Waals surface area contributed by atoms with Crippen molar-refractivity contribution in [3.63, 3.8) is 0 Å². The topological polar surface area (TPSA) is 32.5 Å². The van der Waals surface area contributed by atoms with E-state index in [1.165, 1.54) is 0 Å². The fraction of sp³-hybridized carbons (Fsp3) is 0.692. The SMILES string of the molecule is C=CCN(CC=C)CCN1CCC(N)CC1. The summed E-state index contributed by atoms with van der Waals surface area (Å²) < 4.78 is 0. The van der Waals surface area contributed by atoms with Gasteiger partial charge in [0.1, 0.15) is 0 Å². The fourth-order valence-electron chi connectivity index (χ4n) is 2.08. The average Bonchev–Trinajstić information content (AvgIpc) is 2.29. The average molecular weight is 223 g/mol. The summed E-state index contributed by atoms with van der Waals surface area (Å²) in [6.07, 6.45) is 6.19. The number of nitrogens with two attached hydrogens (primary N) is 1. The number of hydrogen-bond donors (Lipinski definition) is 1. The lowest BCUT2D eigenvalue weighted by Crippen LogP contribution is -2.43. The first-order valence-electron chi connectivity index (χ1n) is 6.18. The van der Waals surface area contributed by atoms with Gasteiger partial charge in [-0.2, -0.15) is 0 Å². The lowest BCUT2D eigenvalue weighted by molar-refractivity contribution is 0.185. The normalized spacial score (nSPS) is 18.9. The van der Waals surface area contributed by atoms with Crippen molar-refractivity contribution in [1.29, 1.82) is 0 Å². The third-order valence-electron chi connectivity index (χ3n) is 3.14. The molecule has 16 heavy (non-hydrogen) atoms. The third kappa shape index (κ3) is 4.92. The zero-order valence-corrected chi connectivity index (χ0v) is 10.3. The molecule has 0 atom stereocenters. The first-order chi connectivity index (χ1) is 7.76. The Bertz CT molecular complexity index is 197. The Morgan fingerprint density at radius 3 is 2.25 bits per heavy atom. The van der Waals surface area contributed by atoms with Gasteiger partial charge in [0.15, 0.2) is 0 Å². The first-order valence-corrected chi connectivity index (χ1v) is 6.18. The van der Waals surface area contributed by atoms with Gasteiger partial charge in [0.25, 0.3) is 0 Å². The van der Waals surface area contributed by atoms with Crippen LogP contribution in [-0.4, -0.2) is 55.1 Å². The fourth-order valence-corrected chi connectivity index (χ4v) is 2.08. The Labute approximate surface area is 99.6 Å². The zero-order chi connectivity index (χ0) is 11.8. The van der Waals surface area contributed by atoms with Gasteiger partial charge in [-0.05, 0) is 25.9 Å². The molecule has 1 rings (SSSR count).